The van der Waals surface area contributed by atoms with E-state index in [1.54, 1.807) is 18.2 Å². The first kappa shape index (κ1) is 12.5. The van der Waals surface area contributed by atoms with Crippen molar-refractivity contribution in [3.63, 3.8) is 0 Å². The van der Waals surface area contributed by atoms with Crippen LogP contribution in [0, 0.1) is 11.7 Å². The minimum atomic E-state index is -2.88. The molecule has 1 aliphatic rings. The van der Waals surface area contributed by atoms with Gasteiger partial charge in [0.25, 0.3) is 0 Å². The fourth-order valence-corrected chi connectivity index (χ4v) is 4.20. The van der Waals surface area contributed by atoms with Crippen molar-refractivity contribution in [2.24, 2.45) is 11.7 Å². The number of benzene rings is 1. The van der Waals surface area contributed by atoms with Crippen LogP contribution in [-0.4, -0.2) is 19.9 Å². The summed E-state index contributed by atoms with van der Waals surface area (Å²) in [5, 5.41) is 0. The summed E-state index contributed by atoms with van der Waals surface area (Å²) in [6, 6.07) is 5.97. The van der Waals surface area contributed by atoms with Gasteiger partial charge in [-0.2, -0.15) is 0 Å². The highest BCUT2D eigenvalue weighted by atomic mass is 32.2. The Hall–Kier alpha value is -0.940. The Morgan fingerprint density at radius 1 is 1.41 bits per heavy atom. The number of hydrogen-bond acceptors (Lipinski definition) is 3. The van der Waals surface area contributed by atoms with Gasteiger partial charge in [0.2, 0.25) is 0 Å². The van der Waals surface area contributed by atoms with Gasteiger partial charge >= 0.3 is 0 Å². The van der Waals surface area contributed by atoms with Gasteiger partial charge in [0, 0.05) is 11.6 Å². The second-order valence-electron chi connectivity index (χ2n) is 4.63. The molecule has 0 aromatic heterocycles. The van der Waals surface area contributed by atoms with E-state index in [2.05, 4.69) is 0 Å². The molecule has 5 heteroatoms. The van der Waals surface area contributed by atoms with E-state index in [1.807, 2.05) is 0 Å². The first-order valence-electron chi connectivity index (χ1n) is 5.68. The van der Waals surface area contributed by atoms with Crippen LogP contribution < -0.4 is 5.73 Å². The predicted molar refractivity (Wildman–Crippen MR) is 64.7 cm³/mol. The van der Waals surface area contributed by atoms with Crippen LogP contribution in [0.1, 0.15) is 24.4 Å². The van der Waals surface area contributed by atoms with E-state index in [0.29, 0.717) is 18.4 Å². The topological polar surface area (TPSA) is 60.2 Å². The van der Waals surface area contributed by atoms with Crippen LogP contribution >= 0.6 is 0 Å². The molecule has 1 saturated heterocycles. The number of rotatable bonds is 3. The van der Waals surface area contributed by atoms with Gasteiger partial charge in [0.1, 0.15) is 5.82 Å². The zero-order valence-electron chi connectivity index (χ0n) is 9.47. The summed E-state index contributed by atoms with van der Waals surface area (Å²) < 4.78 is 36.1. The molecular weight excluding hydrogens is 241 g/mol. The van der Waals surface area contributed by atoms with Crippen molar-refractivity contribution in [1.82, 2.24) is 0 Å². The molecule has 3 nitrogen and oxygen atoms in total. The lowest BCUT2D eigenvalue weighted by Crippen LogP contribution is -2.17. The van der Waals surface area contributed by atoms with Crippen LogP contribution in [0.4, 0.5) is 4.39 Å². The molecule has 17 heavy (non-hydrogen) atoms. The Morgan fingerprint density at radius 3 is 2.71 bits per heavy atom. The molecule has 2 unspecified atom stereocenters. The third-order valence-corrected chi connectivity index (χ3v) is 5.06. The number of nitrogens with two attached hydrogens (primary N) is 1. The summed E-state index contributed by atoms with van der Waals surface area (Å²) in [4.78, 5) is 0. The van der Waals surface area contributed by atoms with Crippen molar-refractivity contribution in [1.29, 1.82) is 0 Å². The van der Waals surface area contributed by atoms with Crippen molar-refractivity contribution in [3.8, 4) is 0 Å². The zero-order chi connectivity index (χ0) is 12.5. The van der Waals surface area contributed by atoms with E-state index in [4.69, 9.17) is 5.73 Å². The third kappa shape index (κ3) is 3.04. The normalized spacial score (nSPS) is 24.7. The van der Waals surface area contributed by atoms with E-state index in [9.17, 15) is 12.8 Å². The standard InChI is InChI=1S/C12H16FNO2S/c13-11-4-2-1-3-10(11)12(14)7-9-5-6-17(15,16)8-9/h1-4,9,12H,5-8,14H2. The molecule has 0 saturated carbocycles. The molecule has 0 radical (unpaired) electrons. The third-order valence-electron chi connectivity index (χ3n) is 3.22. The molecule has 2 N–H and O–H groups in total. The Balaban J connectivity index is 2.03. The molecular formula is C12H16FNO2S. The van der Waals surface area contributed by atoms with Gasteiger partial charge in [-0.1, -0.05) is 18.2 Å². The average Bonchev–Trinajstić information content (AvgIpc) is 2.58. The quantitative estimate of drug-likeness (QED) is 0.895. The lowest BCUT2D eigenvalue weighted by Gasteiger charge is -2.16. The molecule has 0 amide bonds. The van der Waals surface area contributed by atoms with E-state index >= 15 is 0 Å². The second kappa shape index (κ2) is 4.74. The first-order chi connectivity index (χ1) is 7.98. The maximum absolute atomic E-state index is 13.5. The van der Waals surface area contributed by atoms with E-state index < -0.39 is 15.9 Å². The van der Waals surface area contributed by atoms with E-state index in [1.165, 1.54) is 6.07 Å². The zero-order valence-corrected chi connectivity index (χ0v) is 10.3. The van der Waals surface area contributed by atoms with Crippen LogP contribution in [-0.2, 0) is 9.84 Å². The maximum atomic E-state index is 13.5. The molecule has 94 valence electrons. The van der Waals surface area contributed by atoms with Crippen molar-refractivity contribution in [2.75, 3.05) is 11.5 Å². The number of sulfone groups is 1. The van der Waals surface area contributed by atoms with Crippen molar-refractivity contribution >= 4 is 9.84 Å². The van der Waals surface area contributed by atoms with Gasteiger partial charge in [0.15, 0.2) is 9.84 Å². The molecule has 0 aliphatic carbocycles. The molecule has 1 aromatic carbocycles. The van der Waals surface area contributed by atoms with E-state index in [0.717, 1.165) is 0 Å². The predicted octanol–water partition coefficient (Wildman–Crippen LogP) is 1.65. The molecule has 1 aromatic rings. The van der Waals surface area contributed by atoms with Gasteiger partial charge in [-0.25, -0.2) is 12.8 Å². The summed E-state index contributed by atoms with van der Waals surface area (Å²) in [5.74, 6) is 0.173. The summed E-state index contributed by atoms with van der Waals surface area (Å²) in [5.41, 5.74) is 6.40. The van der Waals surface area contributed by atoms with Crippen molar-refractivity contribution in [3.05, 3.63) is 35.6 Å². The summed E-state index contributed by atoms with van der Waals surface area (Å²) in [6.07, 6.45) is 1.17. The summed E-state index contributed by atoms with van der Waals surface area (Å²) in [7, 11) is -2.88. The lowest BCUT2D eigenvalue weighted by molar-refractivity contribution is 0.466. The molecule has 1 fully saturated rings. The summed E-state index contributed by atoms with van der Waals surface area (Å²) >= 11 is 0. The molecule has 1 heterocycles. The Labute approximate surface area is 101 Å². The fourth-order valence-electron chi connectivity index (χ4n) is 2.32. The minimum Gasteiger partial charge on any atom is -0.324 e. The largest absolute Gasteiger partial charge is 0.324 e. The molecule has 0 spiro atoms. The highest BCUT2D eigenvalue weighted by Gasteiger charge is 2.29. The Bertz CT molecular complexity index is 501. The molecule has 2 rings (SSSR count). The van der Waals surface area contributed by atoms with Crippen molar-refractivity contribution in [2.45, 2.75) is 18.9 Å². The molecule has 1 aliphatic heterocycles. The Morgan fingerprint density at radius 2 is 2.12 bits per heavy atom. The van der Waals surface area contributed by atoms with Gasteiger partial charge < -0.3 is 5.73 Å². The highest BCUT2D eigenvalue weighted by molar-refractivity contribution is 7.91. The molecule has 0 bridgehead atoms. The lowest BCUT2D eigenvalue weighted by atomic mass is 9.95. The van der Waals surface area contributed by atoms with Gasteiger partial charge in [-0.15, -0.1) is 0 Å². The smallest absolute Gasteiger partial charge is 0.150 e. The van der Waals surface area contributed by atoms with Crippen LogP contribution in [0.2, 0.25) is 0 Å². The molecule has 2 atom stereocenters. The van der Waals surface area contributed by atoms with Gasteiger partial charge in [-0.3, -0.25) is 0 Å². The Kier molecular flexibility index (Phi) is 3.49. The highest BCUT2D eigenvalue weighted by Crippen LogP contribution is 2.28. The average molecular weight is 257 g/mol. The maximum Gasteiger partial charge on any atom is 0.150 e. The van der Waals surface area contributed by atoms with Crippen LogP contribution in [0.15, 0.2) is 24.3 Å². The summed E-state index contributed by atoms with van der Waals surface area (Å²) in [6.45, 7) is 0. The SMILES string of the molecule is NC(CC1CCS(=O)(=O)C1)c1ccccc1F. The monoisotopic (exact) mass is 257 g/mol. The van der Waals surface area contributed by atoms with Crippen LogP contribution in [0.25, 0.3) is 0 Å². The van der Waals surface area contributed by atoms with Crippen LogP contribution in [0.5, 0.6) is 0 Å². The van der Waals surface area contributed by atoms with Gasteiger partial charge in [-0.05, 0) is 24.8 Å². The number of hydrogen-bond donors (Lipinski definition) is 1. The fraction of sp³-hybridized carbons (Fsp3) is 0.500. The van der Waals surface area contributed by atoms with Crippen LogP contribution in [0.3, 0.4) is 0 Å². The van der Waals surface area contributed by atoms with Crippen molar-refractivity contribution < 1.29 is 12.8 Å². The second-order valence-corrected chi connectivity index (χ2v) is 6.86. The van der Waals surface area contributed by atoms with E-state index in [-0.39, 0.29) is 23.2 Å². The minimum absolute atomic E-state index is 0.0645. The van der Waals surface area contributed by atoms with Gasteiger partial charge in [0.05, 0.1) is 11.5 Å². The first-order valence-corrected chi connectivity index (χ1v) is 7.50. The number of halogens is 1.